The number of rotatable bonds is 4. The first-order valence-corrected chi connectivity index (χ1v) is 4.80. The predicted octanol–water partition coefficient (Wildman–Crippen LogP) is 4.02. The fourth-order valence-electron chi connectivity index (χ4n) is 1.05. The summed E-state index contributed by atoms with van der Waals surface area (Å²) in [5.41, 5.74) is 1.56. The van der Waals surface area contributed by atoms with Crippen LogP contribution in [0, 0.1) is 11.8 Å². The average Bonchev–Trinajstić information content (AvgIpc) is 2.02. The van der Waals surface area contributed by atoms with Crippen molar-refractivity contribution in [2.45, 2.75) is 47.5 Å². The first kappa shape index (κ1) is 10.7. The lowest BCUT2D eigenvalue weighted by Crippen LogP contribution is -1.96. The maximum Gasteiger partial charge on any atom is -0.0237 e. The molecule has 0 heterocycles. The monoisotopic (exact) mass is 154 g/mol. The minimum atomic E-state index is 0.754. The molecule has 66 valence electrons. The predicted molar refractivity (Wildman–Crippen MR) is 52.7 cm³/mol. The molecule has 0 radical (unpaired) electrons. The largest absolute Gasteiger partial charge is 0.0825 e. The molecule has 0 aromatic heterocycles. The molecule has 11 heavy (non-hydrogen) atoms. The summed E-state index contributed by atoms with van der Waals surface area (Å²) in [6, 6.07) is 0. The second-order valence-electron chi connectivity index (χ2n) is 3.61. The van der Waals surface area contributed by atoms with Gasteiger partial charge in [0.05, 0.1) is 0 Å². The average molecular weight is 154 g/mol. The van der Waals surface area contributed by atoms with E-state index < -0.39 is 0 Å². The minimum Gasteiger partial charge on any atom is -0.0825 e. The van der Waals surface area contributed by atoms with Crippen LogP contribution < -0.4 is 0 Å². The Morgan fingerprint density at radius 2 is 1.73 bits per heavy atom. The Hall–Kier alpha value is -0.260. The van der Waals surface area contributed by atoms with Gasteiger partial charge in [0.2, 0.25) is 0 Å². The summed E-state index contributed by atoms with van der Waals surface area (Å²) in [5, 5.41) is 0. The van der Waals surface area contributed by atoms with E-state index in [0.29, 0.717) is 0 Å². The lowest BCUT2D eigenvalue weighted by atomic mass is 9.95. The van der Waals surface area contributed by atoms with Gasteiger partial charge in [-0.15, -0.1) is 0 Å². The number of hydrogen-bond acceptors (Lipinski definition) is 0. The van der Waals surface area contributed by atoms with Gasteiger partial charge in [0.25, 0.3) is 0 Å². The summed E-state index contributed by atoms with van der Waals surface area (Å²) in [4.78, 5) is 0. The Balaban J connectivity index is 3.98. The summed E-state index contributed by atoms with van der Waals surface area (Å²) in [6.45, 7) is 11.3. The van der Waals surface area contributed by atoms with Crippen LogP contribution in [0.3, 0.4) is 0 Å². The van der Waals surface area contributed by atoms with Crippen molar-refractivity contribution in [3.63, 3.8) is 0 Å². The zero-order chi connectivity index (χ0) is 8.85. The Bertz CT molecular complexity index is 122. The van der Waals surface area contributed by atoms with Gasteiger partial charge in [-0.05, 0) is 25.2 Å². The van der Waals surface area contributed by atoms with E-state index in [1.807, 2.05) is 0 Å². The Labute approximate surface area is 71.7 Å². The molecule has 0 rings (SSSR count). The highest BCUT2D eigenvalue weighted by molar-refractivity contribution is 5.03. The molecule has 0 aliphatic rings. The molecule has 0 aromatic carbocycles. The Morgan fingerprint density at radius 3 is 2.09 bits per heavy atom. The van der Waals surface area contributed by atoms with Crippen LogP contribution in [0.5, 0.6) is 0 Å². The van der Waals surface area contributed by atoms with Gasteiger partial charge in [-0.25, -0.2) is 0 Å². The van der Waals surface area contributed by atoms with Crippen molar-refractivity contribution in [1.29, 1.82) is 0 Å². The maximum absolute atomic E-state index is 2.41. The molecule has 0 saturated carbocycles. The van der Waals surface area contributed by atoms with E-state index in [9.17, 15) is 0 Å². The third-order valence-electron chi connectivity index (χ3n) is 2.58. The van der Waals surface area contributed by atoms with E-state index in [-0.39, 0.29) is 0 Å². The summed E-state index contributed by atoms with van der Waals surface area (Å²) in [6.07, 6.45) is 4.93. The molecular formula is C11H22. The second kappa shape index (κ2) is 5.40. The van der Waals surface area contributed by atoms with Crippen LogP contribution in [0.15, 0.2) is 11.6 Å². The zero-order valence-electron chi connectivity index (χ0n) is 8.65. The molecule has 0 nitrogen and oxygen atoms in total. The number of hydrogen-bond donors (Lipinski definition) is 0. The first-order valence-electron chi connectivity index (χ1n) is 4.80. The zero-order valence-corrected chi connectivity index (χ0v) is 8.65. The molecule has 0 heteroatoms. The Morgan fingerprint density at radius 1 is 1.18 bits per heavy atom. The second-order valence-corrected chi connectivity index (χ2v) is 3.61. The van der Waals surface area contributed by atoms with Gasteiger partial charge in [-0.2, -0.15) is 0 Å². The van der Waals surface area contributed by atoms with Crippen molar-refractivity contribution in [2.75, 3.05) is 0 Å². The quantitative estimate of drug-likeness (QED) is 0.536. The SMILES string of the molecule is CCC(C)C=C(C)C(C)CC. The standard InChI is InChI=1S/C11H22/c1-6-9(3)8-11(5)10(4)7-2/h8-10H,6-7H2,1-5H3. The summed E-state index contributed by atoms with van der Waals surface area (Å²) in [7, 11) is 0. The van der Waals surface area contributed by atoms with Crippen LogP contribution in [0.4, 0.5) is 0 Å². The van der Waals surface area contributed by atoms with Crippen LogP contribution in [0.25, 0.3) is 0 Å². The van der Waals surface area contributed by atoms with Crippen LogP contribution in [0.1, 0.15) is 47.5 Å². The van der Waals surface area contributed by atoms with Crippen molar-refractivity contribution in [3.05, 3.63) is 11.6 Å². The molecule has 0 amide bonds. The van der Waals surface area contributed by atoms with Gasteiger partial charge in [0.1, 0.15) is 0 Å². The highest BCUT2D eigenvalue weighted by Gasteiger charge is 2.01. The van der Waals surface area contributed by atoms with Crippen LogP contribution in [-0.4, -0.2) is 0 Å². The molecule has 0 N–H and O–H groups in total. The molecular weight excluding hydrogens is 132 g/mol. The molecule has 0 aliphatic heterocycles. The third-order valence-corrected chi connectivity index (χ3v) is 2.58. The smallest absolute Gasteiger partial charge is 0.0237 e. The van der Waals surface area contributed by atoms with Crippen molar-refractivity contribution >= 4 is 0 Å². The first-order chi connectivity index (χ1) is 5.11. The van der Waals surface area contributed by atoms with Gasteiger partial charge in [0, 0.05) is 0 Å². The molecule has 0 saturated heterocycles. The van der Waals surface area contributed by atoms with Crippen molar-refractivity contribution < 1.29 is 0 Å². The highest BCUT2D eigenvalue weighted by Crippen LogP contribution is 2.16. The van der Waals surface area contributed by atoms with E-state index in [4.69, 9.17) is 0 Å². The normalized spacial score (nSPS) is 18.1. The molecule has 2 unspecified atom stereocenters. The van der Waals surface area contributed by atoms with Gasteiger partial charge < -0.3 is 0 Å². The van der Waals surface area contributed by atoms with Gasteiger partial charge in [0.15, 0.2) is 0 Å². The van der Waals surface area contributed by atoms with Gasteiger partial charge in [-0.1, -0.05) is 45.8 Å². The van der Waals surface area contributed by atoms with E-state index in [2.05, 4.69) is 40.7 Å². The fourth-order valence-corrected chi connectivity index (χ4v) is 1.05. The molecule has 2 atom stereocenters. The lowest BCUT2D eigenvalue weighted by Gasteiger charge is -2.11. The van der Waals surface area contributed by atoms with Crippen molar-refractivity contribution in [2.24, 2.45) is 11.8 Å². The molecule has 0 spiro atoms. The molecule has 0 aromatic rings. The fraction of sp³-hybridized carbons (Fsp3) is 0.818. The van der Waals surface area contributed by atoms with Gasteiger partial charge >= 0.3 is 0 Å². The summed E-state index contributed by atoms with van der Waals surface area (Å²) in [5.74, 6) is 1.52. The topological polar surface area (TPSA) is 0 Å². The molecule has 0 aliphatic carbocycles. The van der Waals surface area contributed by atoms with E-state index in [1.54, 1.807) is 5.57 Å². The third kappa shape index (κ3) is 4.23. The van der Waals surface area contributed by atoms with Crippen molar-refractivity contribution in [3.8, 4) is 0 Å². The number of allylic oxidation sites excluding steroid dienone is 2. The summed E-state index contributed by atoms with van der Waals surface area (Å²) >= 11 is 0. The highest BCUT2D eigenvalue weighted by atomic mass is 14.1. The molecule has 0 fully saturated rings. The maximum atomic E-state index is 2.41. The lowest BCUT2D eigenvalue weighted by molar-refractivity contribution is 0.624. The van der Waals surface area contributed by atoms with Gasteiger partial charge in [-0.3, -0.25) is 0 Å². The van der Waals surface area contributed by atoms with E-state index >= 15 is 0 Å². The molecule has 0 bridgehead atoms. The van der Waals surface area contributed by atoms with Crippen LogP contribution in [-0.2, 0) is 0 Å². The minimum absolute atomic E-state index is 0.754. The van der Waals surface area contributed by atoms with Crippen molar-refractivity contribution in [1.82, 2.24) is 0 Å². The Kier molecular flexibility index (Phi) is 5.27. The summed E-state index contributed by atoms with van der Waals surface area (Å²) < 4.78 is 0. The van der Waals surface area contributed by atoms with Crippen LogP contribution >= 0.6 is 0 Å². The van der Waals surface area contributed by atoms with E-state index in [0.717, 1.165) is 11.8 Å². The van der Waals surface area contributed by atoms with Crippen LogP contribution in [0.2, 0.25) is 0 Å². The van der Waals surface area contributed by atoms with E-state index in [1.165, 1.54) is 12.8 Å².